The van der Waals surface area contributed by atoms with Crippen LogP contribution in [0.25, 0.3) is 11.0 Å². The lowest BCUT2D eigenvalue weighted by Crippen LogP contribution is -2.67. The van der Waals surface area contributed by atoms with Crippen molar-refractivity contribution in [1.29, 1.82) is 0 Å². The standard InChI is InChI=1S/C22H28FNO3S/c1-12-7-15(14(3)24-28(26)20(4,5)6)18-16(8-12)17(25)13(2)19(27-18)21-9-22(23,10-21)11-21/h7-8,14,24H,9-11H2,1-6H3/t14-,21?,22?,28-/m1/s1. The number of rotatable bonds is 4. The summed E-state index contributed by atoms with van der Waals surface area (Å²) in [6.07, 6.45) is 1.33. The van der Waals surface area contributed by atoms with E-state index in [1.807, 2.05) is 46.8 Å². The summed E-state index contributed by atoms with van der Waals surface area (Å²) in [7, 11) is -1.26. The molecule has 0 saturated heterocycles. The van der Waals surface area contributed by atoms with Crippen molar-refractivity contribution in [3.63, 3.8) is 0 Å². The lowest BCUT2D eigenvalue weighted by Gasteiger charge is -2.65. The van der Waals surface area contributed by atoms with Gasteiger partial charge in [-0.2, -0.15) is 0 Å². The van der Waals surface area contributed by atoms with Crippen molar-refractivity contribution < 1.29 is 13.0 Å². The second kappa shape index (κ2) is 5.99. The summed E-state index contributed by atoms with van der Waals surface area (Å²) in [6.45, 7) is 11.4. The van der Waals surface area contributed by atoms with Crippen LogP contribution in [0, 0.1) is 13.8 Å². The van der Waals surface area contributed by atoms with Gasteiger partial charge in [0.1, 0.15) is 17.0 Å². The number of hydrogen-bond donors (Lipinski definition) is 1. The van der Waals surface area contributed by atoms with E-state index in [1.54, 1.807) is 6.92 Å². The summed E-state index contributed by atoms with van der Waals surface area (Å²) >= 11 is 0. The predicted octanol–water partition coefficient (Wildman–Crippen LogP) is 4.67. The molecular formula is C22H28FNO3S. The molecule has 2 aromatic rings. The quantitative estimate of drug-likeness (QED) is 0.804. The zero-order valence-corrected chi connectivity index (χ0v) is 18.2. The van der Waals surface area contributed by atoms with Crippen LogP contribution in [0.1, 0.15) is 75.4 Å². The van der Waals surface area contributed by atoms with E-state index >= 15 is 0 Å². The van der Waals surface area contributed by atoms with E-state index in [4.69, 9.17) is 4.42 Å². The molecule has 152 valence electrons. The molecule has 6 heteroatoms. The molecule has 3 fully saturated rings. The van der Waals surface area contributed by atoms with E-state index in [0.29, 0.717) is 41.6 Å². The molecule has 2 bridgehead atoms. The predicted molar refractivity (Wildman–Crippen MR) is 111 cm³/mol. The van der Waals surface area contributed by atoms with E-state index in [2.05, 4.69) is 4.72 Å². The summed E-state index contributed by atoms with van der Waals surface area (Å²) in [6, 6.07) is 3.55. The molecule has 0 aliphatic heterocycles. The third-order valence-electron chi connectivity index (χ3n) is 6.15. The summed E-state index contributed by atoms with van der Waals surface area (Å²) in [4.78, 5) is 13.1. The number of aryl methyl sites for hydroxylation is 1. The van der Waals surface area contributed by atoms with Gasteiger partial charge in [0.25, 0.3) is 0 Å². The first-order valence-corrected chi connectivity index (χ1v) is 11.0. The highest BCUT2D eigenvalue weighted by atomic mass is 32.2. The fraction of sp³-hybridized carbons (Fsp3) is 0.591. The molecule has 0 amide bonds. The molecule has 0 unspecified atom stereocenters. The average molecular weight is 406 g/mol. The Kier molecular flexibility index (Phi) is 4.23. The minimum atomic E-state index is -1.26. The first-order chi connectivity index (χ1) is 12.9. The van der Waals surface area contributed by atoms with Crippen LogP contribution in [0.5, 0.6) is 0 Å². The van der Waals surface area contributed by atoms with Crippen LogP contribution >= 0.6 is 0 Å². The van der Waals surface area contributed by atoms with E-state index in [0.717, 1.165) is 11.1 Å². The van der Waals surface area contributed by atoms with Crippen LogP contribution in [0.3, 0.4) is 0 Å². The molecule has 0 radical (unpaired) electrons. The molecule has 3 saturated carbocycles. The zero-order chi connectivity index (χ0) is 20.6. The summed E-state index contributed by atoms with van der Waals surface area (Å²) in [5.74, 6) is 0.638. The molecule has 28 heavy (non-hydrogen) atoms. The SMILES string of the molecule is Cc1cc([C@@H](C)N[S@](=O)C(C)(C)C)c2oc(C34CC(F)(C3)C4)c(C)c(=O)c2c1. The number of nitrogens with one attached hydrogen (secondary N) is 1. The monoisotopic (exact) mass is 405 g/mol. The van der Waals surface area contributed by atoms with Crippen LogP contribution in [-0.4, -0.2) is 14.6 Å². The minimum absolute atomic E-state index is 0.0528. The Morgan fingerprint density at radius 3 is 2.36 bits per heavy atom. The van der Waals surface area contributed by atoms with Gasteiger partial charge >= 0.3 is 0 Å². The third kappa shape index (κ3) is 2.88. The Hall–Kier alpha value is -1.53. The fourth-order valence-electron chi connectivity index (χ4n) is 4.70. The molecule has 1 heterocycles. The van der Waals surface area contributed by atoms with Crippen molar-refractivity contribution in [2.75, 3.05) is 0 Å². The van der Waals surface area contributed by atoms with Crippen molar-refractivity contribution in [3.05, 3.63) is 44.8 Å². The molecule has 1 aromatic heterocycles. The number of hydrogen-bond acceptors (Lipinski definition) is 3. The van der Waals surface area contributed by atoms with Gasteiger partial charge in [-0.1, -0.05) is 6.07 Å². The molecule has 1 aromatic carbocycles. The number of halogens is 1. The molecule has 3 aliphatic rings. The normalized spacial score (nSPS) is 28.5. The highest BCUT2D eigenvalue weighted by Gasteiger charge is 2.71. The Labute approximate surface area is 167 Å². The van der Waals surface area contributed by atoms with Crippen LogP contribution in [0.4, 0.5) is 4.39 Å². The van der Waals surface area contributed by atoms with Gasteiger partial charge in [0.15, 0.2) is 5.43 Å². The first kappa shape index (κ1) is 19.8. The summed E-state index contributed by atoms with van der Waals surface area (Å²) < 4.78 is 35.7. The van der Waals surface area contributed by atoms with E-state index < -0.39 is 21.4 Å². The van der Waals surface area contributed by atoms with Gasteiger partial charge in [-0.3, -0.25) is 4.79 Å². The van der Waals surface area contributed by atoms with Crippen LogP contribution < -0.4 is 10.2 Å². The lowest BCUT2D eigenvalue weighted by atomic mass is 9.41. The second-order valence-corrected chi connectivity index (χ2v) is 11.8. The Morgan fingerprint density at radius 2 is 1.82 bits per heavy atom. The van der Waals surface area contributed by atoms with Crippen molar-refractivity contribution in [2.45, 2.75) is 82.7 Å². The van der Waals surface area contributed by atoms with Gasteiger partial charge < -0.3 is 4.42 Å². The first-order valence-electron chi connectivity index (χ1n) is 9.81. The van der Waals surface area contributed by atoms with Gasteiger partial charge in [0, 0.05) is 22.6 Å². The van der Waals surface area contributed by atoms with Crippen LogP contribution in [0.2, 0.25) is 0 Å². The maximum atomic E-state index is 14.1. The van der Waals surface area contributed by atoms with Gasteiger partial charge in [-0.15, -0.1) is 0 Å². The van der Waals surface area contributed by atoms with Crippen molar-refractivity contribution >= 4 is 22.0 Å². The molecule has 2 atom stereocenters. The van der Waals surface area contributed by atoms with Gasteiger partial charge in [0.05, 0.1) is 21.1 Å². The third-order valence-corrected chi connectivity index (χ3v) is 7.83. The molecule has 1 N–H and O–H groups in total. The van der Waals surface area contributed by atoms with Crippen LogP contribution in [-0.2, 0) is 16.4 Å². The Balaban J connectivity index is 1.84. The number of alkyl halides is 1. The van der Waals surface area contributed by atoms with Crippen LogP contribution in [0.15, 0.2) is 21.3 Å². The van der Waals surface area contributed by atoms with Crippen molar-refractivity contribution in [3.8, 4) is 0 Å². The minimum Gasteiger partial charge on any atom is -0.460 e. The number of fused-ring (bicyclic) bond motifs is 1. The smallest absolute Gasteiger partial charge is 0.195 e. The highest BCUT2D eigenvalue weighted by molar-refractivity contribution is 7.84. The molecule has 3 aliphatic carbocycles. The number of benzene rings is 1. The fourth-order valence-corrected chi connectivity index (χ4v) is 5.50. The van der Waals surface area contributed by atoms with Gasteiger partial charge in [-0.05, 0) is 72.4 Å². The molecule has 5 rings (SSSR count). The Morgan fingerprint density at radius 1 is 1.21 bits per heavy atom. The van der Waals surface area contributed by atoms with E-state index in [1.165, 1.54) is 0 Å². The molecule has 4 nitrogen and oxygen atoms in total. The Bertz CT molecular complexity index is 1050. The topological polar surface area (TPSA) is 59.3 Å². The summed E-state index contributed by atoms with van der Waals surface area (Å²) in [5, 5.41) is 0.535. The highest BCUT2D eigenvalue weighted by Crippen LogP contribution is 2.70. The average Bonchev–Trinajstić information content (AvgIpc) is 2.53. The van der Waals surface area contributed by atoms with Crippen molar-refractivity contribution in [2.24, 2.45) is 0 Å². The maximum absolute atomic E-state index is 14.1. The van der Waals surface area contributed by atoms with E-state index in [9.17, 15) is 13.4 Å². The van der Waals surface area contributed by atoms with E-state index in [-0.39, 0.29) is 16.9 Å². The van der Waals surface area contributed by atoms with Gasteiger partial charge in [-0.25, -0.2) is 13.3 Å². The summed E-state index contributed by atoms with van der Waals surface area (Å²) in [5.41, 5.74) is 1.44. The molecular weight excluding hydrogens is 377 g/mol. The molecule has 0 spiro atoms. The van der Waals surface area contributed by atoms with Gasteiger partial charge in [0.2, 0.25) is 0 Å². The lowest BCUT2D eigenvalue weighted by molar-refractivity contribution is -0.167. The largest absolute Gasteiger partial charge is 0.460 e. The van der Waals surface area contributed by atoms with Crippen molar-refractivity contribution in [1.82, 2.24) is 4.72 Å². The maximum Gasteiger partial charge on any atom is 0.195 e. The zero-order valence-electron chi connectivity index (χ0n) is 17.4. The second-order valence-electron chi connectivity index (χ2n) is 9.80.